The maximum absolute atomic E-state index is 5.74. The molecular formula is C16H18BrNO2. The van der Waals surface area contributed by atoms with Crippen molar-refractivity contribution in [3.05, 3.63) is 52.5 Å². The molecule has 106 valence electrons. The first kappa shape index (κ1) is 14.7. The van der Waals surface area contributed by atoms with E-state index < -0.39 is 0 Å². The summed E-state index contributed by atoms with van der Waals surface area (Å²) in [5.41, 5.74) is 7.49. The normalized spacial score (nSPS) is 10.3. The highest BCUT2D eigenvalue weighted by atomic mass is 79.9. The number of hydrogen-bond donors (Lipinski definition) is 1. The number of nitrogen functional groups attached to an aromatic ring is 1. The number of benzene rings is 2. The van der Waals surface area contributed by atoms with Gasteiger partial charge in [0.15, 0.2) is 0 Å². The predicted octanol–water partition coefficient (Wildman–Crippen LogP) is 4.19. The Hall–Kier alpha value is -1.68. The molecular weight excluding hydrogens is 318 g/mol. The van der Waals surface area contributed by atoms with Crippen molar-refractivity contribution in [2.45, 2.75) is 13.3 Å². The lowest BCUT2D eigenvalue weighted by molar-refractivity contribution is 0.246. The van der Waals surface area contributed by atoms with Gasteiger partial charge in [0.2, 0.25) is 0 Å². The van der Waals surface area contributed by atoms with Crippen molar-refractivity contribution in [3.63, 3.8) is 0 Å². The second kappa shape index (κ2) is 7.20. The number of hydrogen-bond acceptors (Lipinski definition) is 3. The molecule has 0 aromatic heterocycles. The Labute approximate surface area is 127 Å². The number of ether oxygens (including phenoxy) is 2. The van der Waals surface area contributed by atoms with E-state index in [-0.39, 0.29) is 0 Å². The molecule has 3 nitrogen and oxygen atoms in total. The third-order valence-electron chi connectivity index (χ3n) is 2.85. The van der Waals surface area contributed by atoms with Gasteiger partial charge in [-0.15, -0.1) is 0 Å². The standard InChI is InChI=1S/C16H18BrNO2/c1-12-3-4-13(17)11-16(12)20-10-2-9-19-15-7-5-14(18)6-8-15/h3-8,11H,2,9-10,18H2,1H3. The van der Waals surface area contributed by atoms with Crippen LogP contribution in [0.1, 0.15) is 12.0 Å². The second-order valence-corrected chi connectivity index (χ2v) is 5.45. The summed E-state index contributed by atoms with van der Waals surface area (Å²) in [5, 5.41) is 0. The highest BCUT2D eigenvalue weighted by Gasteiger charge is 2.00. The minimum absolute atomic E-state index is 0.622. The van der Waals surface area contributed by atoms with E-state index in [0.717, 1.165) is 33.6 Å². The quantitative estimate of drug-likeness (QED) is 0.635. The van der Waals surface area contributed by atoms with Crippen LogP contribution in [0.3, 0.4) is 0 Å². The summed E-state index contributed by atoms with van der Waals surface area (Å²) in [5.74, 6) is 1.74. The van der Waals surface area contributed by atoms with E-state index in [2.05, 4.69) is 15.9 Å². The van der Waals surface area contributed by atoms with Crippen LogP contribution < -0.4 is 15.2 Å². The number of anilines is 1. The number of nitrogens with two attached hydrogens (primary N) is 1. The molecule has 0 aliphatic rings. The summed E-state index contributed by atoms with van der Waals surface area (Å²) < 4.78 is 12.4. The zero-order chi connectivity index (χ0) is 14.4. The van der Waals surface area contributed by atoms with Crippen LogP contribution in [0.2, 0.25) is 0 Å². The summed E-state index contributed by atoms with van der Waals surface area (Å²) in [6.45, 7) is 3.29. The van der Waals surface area contributed by atoms with Gasteiger partial charge >= 0.3 is 0 Å². The summed E-state index contributed by atoms with van der Waals surface area (Å²) >= 11 is 3.44. The molecule has 0 saturated heterocycles. The number of halogens is 1. The zero-order valence-electron chi connectivity index (χ0n) is 11.4. The Kier molecular flexibility index (Phi) is 5.30. The first-order valence-electron chi connectivity index (χ1n) is 6.52. The van der Waals surface area contributed by atoms with Crippen molar-refractivity contribution in [3.8, 4) is 11.5 Å². The molecule has 0 atom stereocenters. The predicted molar refractivity (Wildman–Crippen MR) is 85.3 cm³/mol. The summed E-state index contributed by atoms with van der Waals surface area (Å²) in [6, 6.07) is 13.4. The van der Waals surface area contributed by atoms with E-state index in [1.807, 2.05) is 49.4 Å². The smallest absolute Gasteiger partial charge is 0.123 e. The van der Waals surface area contributed by atoms with Gasteiger partial charge in [0.05, 0.1) is 13.2 Å². The molecule has 4 heteroatoms. The first-order chi connectivity index (χ1) is 9.65. The fourth-order valence-electron chi connectivity index (χ4n) is 1.72. The van der Waals surface area contributed by atoms with Gasteiger partial charge in [-0.05, 0) is 48.9 Å². The molecule has 2 rings (SSSR count). The Morgan fingerprint density at radius 1 is 1.00 bits per heavy atom. The molecule has 0 spiro atoms. The molecule has 0 aliphatic heterocycles. The molecule has 20 heavy (non-hydrogen) atoms. The van der Waals surface area contributed by atoms with Crippen molar-refractivity contribution in [1.82, 2.24) is 0 Å². The van der Waals surface area contributed by atoms with E-state index in [9.17, 15) is 0 Å². The fourth-order valence-corrected chi connectivity index (χ4v) is 2.06. The topological polar surface area (TPSA) is 44.5 Å². The van der Waals surface area contributed by atoms with Gasteiger partial charge in [-0.2, -0.15) is 0 Å². The summed E-state index contributed by atoms with van der Waals surface area (Å²) in [7, 11) is 0. The summed E-state index contributed by atoms with van der Waals surface area (Å²) in [6.07, 6.45) is 0.830. The van der Waals surface area contributed by atoms with Crippen molar-refractivity contribution in [2.75, 3.05) is 18.9 Å². The minimum Gasteiger partial charge on any atom is -0.493 e. The fraction of sp³-hybridized carbons (Fsp3) is 0.250. The first-order valence-corrected chi connectivity index (χ1v) is 7.32. The highest BCUT2D eigenvalue weighted by molar-refractivity contribution is 9.10. The Morgan fingerprint density at radius 2 is 1.70 bits per heavy atom. The molecule has 0 amide bonds. The monoisotopic (exact) mass is 335 g/mol. The molecule has 2 aromatic rings. The molecule has 0 unspecified atom stereocenters. The molecule has 0 aliphatic carbocycles. The van der Waals surface area contributed by atoms with Gasteiger partial charge in [-0.25, -0.2) is 0 Å². The Bertz CT molecular complexity index is 555. The van der Waals surface area contributed by atoms with Crippen LogP contribution in [-0.2, 0) is 0 Å². The molecule has 2 N–H and O–H groups in total. The van der Waals surface area contributed by atoms with Crippen LogP contribution >= 0.6 is 15.9 Å². The van der Waals surface area contributed by atoms with E-state index >= 15 is 0 Å². The van der Waals surface area contributed by atoms with Crippen LogP contribution in [0.4, 0.5) is 5.69 Å². The van der Waals surface area contributed by atoms with Crippen molar-refractivity contribution in [1.29, 1.82) is 0 Å². The molecule has 0 saturated carbocycles. The Morgan fingerprint density at radius 3 is 2.45 bits per heavy atom. The van der Waals surface area contributed by atoms with Crippen LogP contribution in [0, 0.1) is 6.92 Å². The lowest BCUT2D eigenvalue weighted by Crippen LogP contribution is -2.05. The van der Waals surface area contributed by atoms with E-state index in [4.69, 9.17) is 15.2 Å². The van der Waals surface area contributed by atoms with Gasteiger partial charge in [-0.3, -0.25) is 0 Å². The molecule has 0 bridgehead atoms. The SMILES string of the molecule is Cc1ccc(Br)cc1OCCCOc1ccc(N)cc1. The van der Waals surface area contributed by atoms with Crippen LogP contribution in [0.15, 0.2) is 46.9 Å². The molecule has 0 fully saturated rings. The maximum Gasteiger partial charge on any atom is 0.123 e. The summed E-state index contributed by atoms with van der Waals surface area (Å²) in [4.78, 5) is 0. The molecule has 0 radical (unpaired) electrons. The van der Waals surface area contributed by atoms with E-state index in [1.165, 1.54) is 0 Å². The maximum atomic E-state index is 5.74. The lowest BCUT2D eigenvalue weighted by Gasteiger charge is -2.10. The largest absolute Gasteiger partial charge is 0.493 e. The van der Waals surface area contributed by atoms with Gasteiger partial charge < -0.3 is 15.2 Å². The second-order valence-electron chi connectivity index (χ2n) is 4.53. The van der Waals surface area contributed by atoms with E-state index in [1.54, 1.807) is 0 Å². The molecule has 0 heterocycles. The van der Waals surface area contributed by atoms with Crippen molar-refractivity contribution < 1.29 is 9.47 Å². The van der Waals surface area contributed by atoms with Crippen LogP contribution in [0.5, 0.6) is 11.5 Å². The molecule has 2 aromatic carbocycles. The van der Waals surface area contributed by atoms with Crippen molar-refractivity contribution >= 4 is 21.6 Å². The van der Waals surface area contributed by atoms with Gasteiger partial charge in [0, 0.05) is 16.6 Å². The minimum atomic E-state index is 0.622. The third-order valence-corrected chi connectivity index (χ3v) is 3.34. The number of rotatable bonds is 6. The Balaban J connectivity index is 1.71. The lowest BCUT2D eigenvalue weighted by atomic mass is 10.2. The number of aryl methyl sites for hydroxylation is 1. The van der Waals surface area contributed by atoms with Gasteiger partial charge in [0.25, 0.3) is 0 Å². The van der Waals surface area contributed by atoms with Crippen LogP contribution in [-0.4, -0.2) is 13.2 Å². The van der Waals surface area contributed by atoms with E-state index in [0.29, 0.717) is 13.2 Å². The zero-order valence-corrected chi connectivity index (χ0v) is 13.0. The van der Waals surface area contributed by atoms with Crippen molar-refractivity contribution in [2.24, 2.45) is 0 Å². The van der Waals surface area contributed by atoms with Gasteiger partial charge in [-0.1, -0.05) is 22.0 Å². The third kappa shape index (κ3) is 4.46. The van der Waals surface area contributed by atoms with Gasteiger partial charge in [0.1, 0.15) is 11.5 Å². The average Bonchev–Trinajstić information content (AvgIpc) is 2.44. The average molecular weight is 336 g/mol. The van der Waals surface area contributed by atoms with Crippen LogP contribution in [0.25, 0.3) is 0 Å². The highest BCUT2D eigenvalue weighted by Crippen LogP contribution is 2.23.